The molecule has 1 unspecified atom stereocenters. The van der Waals surface area contributed by atoms with Crippen molar-refractivity contribution in [2.45, 2.75) is 63.5 Å². The molecule has 1 saturated carbocycles. The van der Waals surface area contributed by atoms with Crippen LogP contribution in [0.15, 0.2) is 6.20 Å². The average Bonchev–Trinajstić information content (AvgIpc) is 2.86. The zero-order valence-corrected chi connectivity index (χ0v) is 12.9. The van der Waals surface area contributed by atoms with Crippen LogP contribution in [0.4, 0.5) is 0 Å². The highest BCUT2D eigenvalue weighted by molar-refractivity contribution is 7.13. The summed E-state index contributed by atoms with van der Waals surface area (Å²) in [6.45, 7) is 2.95. The summed E-state index contributed by atoms with van der Waals surface area (Å²) in [6, 6.07) is 0.309. The third-order valence-electron chi connectivity index (χ3n) is 4.62. The van der Waals surface area contributed by atoms with Crippen LogP contribution in [0.5, 0.6) is 0 Å². The van der Waals surface area contributed by atoms with Crippen molar-refractivity contribution < 1.29 is 4.79 Å². The third-order valence-corrected chi connectivity index (χ3v) is 5.53. The normalized spacial score (nSPS) is 25.6. The van der Waals surface area contributed by atoms with E-state index < -0.39 is 0 Å². The molecule has 20 heavy (non-hydrogen) atoms. The van der Waals surface area contributed by atoms with E-state index in [4.69, 9.17) is 0 Å². The van der Waals surface area contributed by atoms with Crippen molar-refractivity contribution in [3.63, 3.8) is 0 Å². The number of piperidine rings is 1. The highest BCUT2D eigenvalue weighted by Gasteiger charge is 2.37. The van der Waals surface area contributed by atoms with Crippen LogP contribution < -0.4 is 10.6 Å². The molecule has 0 radical (unpaired) electrons. The van der Waals surface area contributed by atoms with Gasteiger partial charge in [-0.05, 0) is 39.2 Å². The maximum absolute atomic E-state index is 12.2. The van der Waals surface area contributed by atoms with Crippen LogP contribution >= 0.6 is 11.3 Å². The first-order valence-electron chi connectivity index (χ1n) is 7.65. The average molecular weight is 293 g/mol. The quantitative estimate of drug-likeness (QED) is 0.881. The molecule has 4 nitrogen and oxygen atoms in total. The molecule has 0 bridgehead atoms. The first kappa shape index (κ1) is 14.0. The zero-order chi connectivity index (χ0) is 14.0. The minimum absolute atomic E-state index is 0.0495. The maximum atomic E-state index is 12.2. The van der Waals surface area contributed by atoms with Crippen LogP contribution in [-0.4, -0.2) is 29.0 Å². The van der Waals surface area contributed by atoms with Gasteiger partial charge in [-0.15, -0.1) is 11.3 Å². The largest absolute Gasteiger partial charge is 0.348 e. The van der Waals surface area contributed by atoms with Gasteiger partial charge in [0.2, 0.25) is 0 Å². The second-order valence-corrected chi connectivity index (χ2v) is 7.41. The third kappa shape index (κ3) is 3.04. The topological polar surface area (TPSA) is 54.0 Å². The molecule has 1 saturated heterocycles. The van der Waals surface area contributed by atoms with Crippen LogP contribution in [-0.2, 0) is 0 Å². The Morgan fingerprint density at radius 2 is 2.25 bits per heavy atom. The molecule has 2 N–H and O–H groups in total. The number of hydrogen-bond acceptors (Lipinski definition) is 4. The van der Waals surface area contributed by atoms with Gasteiger partial charge in [0.05, 0.1) is 11.2 Å². The fraction of sp³-hybridized carbons (Fsp3) is 0.733. The Kier molecular flexibility index (Phi) is 4.08. The first-order chi connectivity index (χ1) is 9.67. The predicted molar refractivity (Wildman–Crippen MR) is 81.2 cm³/mol. The number of hydrogen-bond donors (Lipinski definition) is 2. The molecule has 110 valence electrons. The summed E-state index contributed by atoms with van der Waals surface area (Å²) in [6.07, 6.45) is 10.3. The Hall–Kier alpha value is -0.940. The Labute approximate surface area is 124 Å². The van der Waals surface area contributed by atoms with Crippen molar-refractivity contribution in [3.05, 3.63) is 16.1 Å². The molecule has 3 rings (SSSR count). The molecule has 1 aromatic rings. The molecular formula is C15H23N3OS. The number of rotatable bonds is 2. The van der Waals surface area contributed by atoms with Gasteiger partial charge in [0.25, 0.3) is 5.91 Å². The van der Waals surface area contributed by atoms with Gasteiger partial charge in [-0.3, -0.25) is 4.79 Å². The van der Waals surface area contributed by atoms with Crippen LogP contribution in [0.25, 0.3) is 0 Å². The van der Waals surface area contributed by atoms with Crippen molar-refractivity contribution >= 4 is 17.2 Å². The highest BCUT2D eigenvalue weighted by Crippen LogP contribution is 2.34. The zero-order valence-electron chi connectivity index (χ0n) is 12.1. The molecule has 2 fully saturated rings. The number of amides is 1. The molecule has 1 aliphatic heterocycles. The summed E-state index contributed by atoms with van der Waals surface area (Å²) in [5.41, 5.74) is 0.290. The summed E-state index contributed by atoms with van der Waals surface area (Å²) < 4.78 is 0. The van der Waals surface area contributed by atoms with Gasteiger partial charge in [-0.25, -0.2) is 4.98 Å². The molecule has 2 heterocycles. The molecule has 5 heteroatoms. The van der Waals surface area contributed by atoms with E-state index in [1.807, 2.05) is 6.92 Å². The van der Waals surface area contributed by atoms with E-state index in [1.54, 1.807) is 6.20 Å². The van der Waals surface area contributed by atoms with Gasteiger partial charge < -0.3 is 10.6 Å². The lowest BCUT2D eigenvalue weighted by molar-refractivity contribution is 0.0896. The second-order valence-electron chi connectivity index (χ2n) is 6.17. The number of nitrogens with one attached hydrogen (secondary N) is 2. The number of carbonyl (C=O) groups excluding carboxylic acids is 1. The number of aryl methyl sites for hydroxylation is 1. The number of carbonyl (C=O) groups is 1. The molecule has 1 atom stereocenters. The molecule has 1 aliphatic carbocycles. The van der Waals surface area contributed by atoms with Gasteiger partial charge in [-0.1, -0.05) is 19.3 Å². The van der Waals surface area contributed by atoms with Gasteiger partial charge >= 0.3 is 0 Å². The molecule has 1 aromatic heterocycles. The lowest BCUT2D eigenvalue weighted by atomic mass is 9.75. The lowest BCUT2D eigenvalue weighted by Crippen LogP contribution is -2.57. The van der Waals surface area contributed by atoms with Crippen LogP contribution in [0.1, 0.15) is 59.6 Å². The summed E-state index contributed by atoms with van der Waals surface area (Å²) in [7, 11) is 0. The predicted octanol–water partition coefficient (Wildman–Crippen LogP) is 2.64. The van der Waals surface area contributed by atoms with Crippen molar-refractivity contribution in [2.75, 3.05) is 6.54 Å². The Bertz CT molecular complexity index is 474. The Morgan fingerprint density at radius 1 is 1.45 bits per heavy atom. The fourth-order valence-corrected chi connectivity index (χ4v) is 4.29. The lowest BCUT2D eigenvalue weighted by Gasteiger charge is -2.44. The van der Waals surface area contributed by atoms with Gasteiger partial charge in [0.15, 0.2) is 0 Å². The van der Waals surface area contributed by atoms with Crippen molar-refractivity contribution in [1.29, 1.82) is 0 Å². The van der Waals surface area contributed by atoms with E-state index >= 15 is 0 Å². The van der Waals surface area contributed by atoms with E-state index in [9.17, 15) is 4.79 Å². The standard InChI is InChI=1S/C15H23N3OS/c1-11-16-10-13(20-11)14(19)18-12-5-8-17-15(9-12)6-3-2-4-7-15/h10,12,17H,2-9H2,1H3,(H,18,19). The second kappa shape index (κ2) is 5.82. The van der Waals surface area contributed by atoms with Crippen molar-refractivity contribution in [2.24, 2.45) is 0 Å². The fourth-order valence-electron chi connectivity index (χ4n) is 3.61. The summed E-state index contributed by atoms with van der Waals surface area (Å²) in [4.78, 5) is 17.1. The van der Waals surface area contributed by atoms with Crippen LogP contribution in [0.2, 0.25) is 0 Å². The van der Waals surface area contributed by atoms with E-state index in [0.29, 0.717) is 6.04 Å². The summed E-state index contributed by atoms with van der Waals surface area (Å²) in [5, 5.41) is 7.88. The monoisotopic (exact) mass is 293 g/mol. The van der Waals surface area contributed by atoms with Crippen molar-refractivity contribution in [1.82, 2.24) is 15.6 Å². The van der Waals surface area contributed by atoms with Gasteiger partial charge in [-0.2, -0.15) is 0 Å². The Morgan fingerprint density at radius 3 is 2.95 bits per heavy atom. The van der Waals surface area contributed by atoms with Crippen LogP contribution in [0, 0.1) is 6.92 Å². The van der Waals surface area contributed by atoms with E-state index in [2.05, 4.69) is 15.6 Å². The summed E-state index contributed by atoms with van der Waals surface area (Å²) >= 11 is 1.47. The van der Waals surface area contributed by atoms with Crippen LogP contribution in [0.3, 0.4) is 0 Å². The number of aromatic nitrogens is 1. The van der Waals surface area contributed by atoms with E-state index in [-0.39, 0.29) is 11.4 Å². The number of thiazole rings is 1. The van der Waals surface area contributed by atoms with Gasteiger partial charge in [0.1, 0.15) is 4.88 Å². The number of nitrogens with zero attached hydrogens (tertiary/aromatic N) is 1. The first-order valence-corrected chi connectivity index (χ1v) is 8.47. The van der Waals surface area contributed by atoms with E-state index in [0.717, 1.165) is 29.3 Å². The van der Waals surface area contributed by atoms with E-state index in [1.165, 1.54) is 43.4 Å². The highest BCUT2D eigenvalue weighted by atomic mass is 32.1. The van der Waals surface area contributed by atoms with Crippen molar-refractivity contribution in [3.8, 4) is 0 Å². The molecular weight excluding hydrogens is 270 g/mol. The smallest absolute Gasteiger partial charge is 0.263 e. The SMILES string of the molecule is Cc1ncc(C(=O)NC2CCNC3(CCCCC3)C2)s1. The minimum atomic E-state index is 0.0495. The molecule has 1 spiro atoms. The van der Waals surface area contributed by atoms with Gasteiger partial charge in [0, 0.05) is 11.6 Å². The Balaban J connectivity index is 1.61. The molecule has 2 aliphatic rings. The molecule has 1 amide bonds. The molecule has 0 aromatic carbocycles. The maximum Gasteiger partial charge on any atom is 0.263 e. The minimum Gasteiger partial charge on any atom is -0.348 e. The summed E-state index contributed by atoms with van der Waals surface area (Å²) in [5.74, 6) is 0.0495.